The summed E-state index contributed by atoms with van der Waals surface area (Å²) in [6.45, 7) is 14.2. The zero-order valence-corrected chi connectivity index (χ0v) is 13.1. The Hall–Kier alpha value is -0.353. The van der Waals surface area contributed by atoms with Gasteiger partial charge in [0.1, 0.15) is 6.10 Å². The Labute approximate surface area is 107 Å². The lowest BCUT2D eigenvalue weighted by atomic mass is 10.3. The molecule has 0 saturated heterocycles. The zero-order chi connectivity index (χ0) is 13.2. The summed E-state index contributed by atoms with van der Waals surface area (Å²) < 4.78 is 7.54. The van der Waals surface area contributed by atoms with E-state index in [2.05, 4.69) is 41.5 Å². The van der Waals surface area contributed by atoms with Crippen molar-refractivity contribution >= 4 is 14.5 Å². The van der Waals surface area contributed by atoms with Crippen LogP contribution in [-0.4, -0.2) is 31.9 Å². The summed E-state index contributed by atoms with van der Waals surface area (Å²) in [6.07, 6.45) is 2.61. The van der Waals surface area contributed by atoms with E-state index in [1.807, 2.05) is 0 Å². The minimum Gasteiger partial charge on any atom is -0.624 e. The maximum Gasteiger partial charge on any atom is 0.201 e. The highest BCUT2D eigenvalue weighted by atomic mass is 28.4. The fourth-order valence-electron chi connectivity index (χ4n) is 3.37. The van der Waals surface area contributed by atoms with E-state index in [0.717, 1.165) is 11.2 Å². The molecule has 0 N–H and O–H groups in total. The van der Waals surface area contributed by atoms with Crippen LogP contribution in [-0.2, 0) is 4.43 Å². The maximum absolute atomic E-state index is 11.2. The predicted molar refractivity (Wildman–Crippen MR) is 75.1 cm³/mol. The van der Waals surface area contributed by atoms with Gasteiger partial charge in [0.15, 0.2) is 12.8 Å². The molecule has 1 rings (SSSR count). The number of hydrogen-bond acceptors (Lipinski definition) is 2. The highest BCUT2D eigenvalue weighted by molar-refractivity contribution is 6.77. The van der Waals surface area contributed by atoms with E-state index in [-0.39, 0.29) is 6.10 Å². The lowest BCUT2D eigenvalue weighted by molar-refractivity contribution is -0.451. The van der Waals surface area contributed by atoms with E-state index in [9.17, 15) is 5.21 Å². The largest absolute Gasteiger partial charge is 0.624 e. The molecule has 4 heteroatoms. The Morgan fingerprint density at radius 1 is 1.12 bits per heavy atom. The molecular weight excluding hydrogens is 230 g/mol. The smallest absolute Gasteiger partial charge is 0.201 e. The van der Waals surface area contributed by atoms with Gasteiger partial charge in [-0.2, -0.15) is 0 Å². The Kier molecular flexibility index (Phi) is 4.78. The van der Waals surface area contributed by atoms with Crippen LogP contribution in [0.15, 0.2) is 0 Å². The van der Waals surface area contributed by atoms with Crippen LogP contribution >= 0.6 is 0 Å². The first-order valence-corrected chi connectivity index (χ1v) is 8.89. The molecule has 1 aliphatic heterocycles. The Morgan fingerprint density at radius 2 is 1.59 bits per heavy atom. The molecule has 0 radical (unpaired) electrons. The van der Waals surface area contributed by atoms with E-state index < -0.39 is 8.32 Å². The molecule has 0 saturated carbocycles. The van der Waals surface area contributed by atoms with Gasteiger partial charge in [-0.25, -0.2) is 4.74 Å². The van der Waals surface area contributed by atoms with Crippen LogP contribution in [0.4, 0.5) is 0 Å². The summed E-state index contributed by atoms with van der Waals surface area (Å²) >= 11 is 0. The summed E-state index contributed by atoms with van der Waals surface area (Å²) in [5, 5.41) is 11.2. The molecule has 1 heterocycles. The third-order valence-electron chi connectivity index (χ3n) is 4.03. The van der Waals surface area contributed by atoms with Crippen molar-refractivity contribution in [3.63, 3.8) is 0 Å². The molecule has 0 unspecified atom stereocenters. The van der Waals surface area contributed by atoms with E-state index >= 15 is 0 Å². The molecule has 0 amide bonds. The number of hydrogen-bond donors (Lipinski definition) is 0. The highest BCUT2D eigenvalue weighted by Crippen LogP contribution is 2.43. The first-order chi connectivity index (χ1) is 7.80. The van der Waals surface area contributed by atoms with E-state index in [0.29, 0.717) is 23.2 Å². The summed E-state index contributed by atoms with van der Waals surface area (Å²) in [4.78, 5) is 0. The maximum atomic E-state index is 11.2. The fraction of sp³-hybridized carbons (Fsp3) is 0.923. The Morgan fingerprint density at radius 3 is 1.88 bits per heavy atom. The van der Waals surface area contributed by atoms with Gasteiger partial charge in [0.25, 0.3) is 0 Å². The third kappa shape index (κ3) is 2.91. The summed E-state index contributed by atoms with van der Waals surface area (Å²) in [6, 6.07) is 0. The van der Waals surface area contributed by atoms with Crippen LogP contribution in [0, 0.1) is 5.21 Å². The molecule has 0 fully saturated rings. The van der Waals surface area contributed by atoms with Gasteiger partial charge in [0, 0.05) is 0 Å². The van der Waals surface area contributed by atoms with Crippen molar-refractivity contribution in [2.45, 2.75) is 70.7 Å². The minimum atomic E-state index is -1.81. The average Bonchev–Trinajstić information content (AvgIpc) is 2.58. The Bertz CT molecular complexity index is 265. The Balaban J connectivity index is 2.83. The molecule has 0 aromatic heterocycles. The molecule has 17 heavy (non-hydrogen) atoms. The van der Waals surface area contributed by atoms with Gasteiger partial charge < -0.3 is 9.63 Å². The van der Waals surface area contributed by atoms with Crippen molar-refractivity contribution in [3.8, 4) is 0 Å². The van der Waals surface area contributed by atoms with Crippen LogP contribution in [0.25, 0.3) is 0 Å². The molecule has 3 nitrogen and oxygen atoms in total. The van der Waals surface area contributed by atoms with Crippen LogP contribution in [0.5, 0.6) is 0 Å². The van der Waals surface area contributed by atoms with Crippen LogP contribution in [0.3, 0.4) is 0 Å². The quantitative estimate of drug-likeness (QED) is 0.429. The second-order valence-electron chi connectivity index (χ2n) is 6.08. The second-order valence-corrected chi connectivity index (χ2v) is 11.5. The van der Waals surface area contributed by atoms with Gasteiger partial charge in [0.2, 0.25) is 8.32 Å². The van der Waals surface area contributed by atoms with E-state index in [1.165, 1.54) is 0 Å². The van der Waals surface area contributed by atoms with Gasteiger partial charge in [-0.05, 0) is 16.6 Å². The number of nitrogens with zero attached hydrogens (tertiary/aromatic N) is 1. The van der Waals surface area contributed by atoms with Gasteiger partial charge >= 0.3 is 0 Å². The molecule has 0 aromatic carbocycles. The molecular formula is C13H27NO2Si. The van der Waals surface area contributed by atoms with Crippen molar-refractivity contribution < 1.29 is 9.16 Å². The topological polar surface area (TPSA) is 35.3 Å². The molecule has 0 aromatic rings. The van der Waals surface area contributed by atoms with Gasteiger partial charge in [-0.15, -0.1) is 0 Å². The predicted octanol–water partition coefficient (Wildman–Crippen LogP) is 3.53. The van der Waals surface area contributed by atoms with Crippen LogP contribution in [0.2, 0.25) is 16.6 Å². The molecule has 0 aliphatic carbocycles. The van der Waals surface area contributed by atoms with Crippen LogP contribution < -0.4 is 0 Å². The lowest BCUT2D eigenvalue weighted by Crippen LogP contribution is -2.50. The van der Waals surface area contributed by atoms with Gasteiger partial charge in [-0.3, -0.25) is 0 Å². The normalized spacial score (nSPS) is 21.7. The molecule has 1 aliphatic rings. The monoisotopic (exact) mass is 257 g/mol. The van der Waals surface area contributed by atoms with Crippen molar-refractivity contribution in [2.24, 2.45) is 0 Å². The molecule has 100 valence electrons. The minimum absolute atomic E-state index is 0.117. The summed E-state index contributed by atoms with van der Waals surface area (Å²) in [7, 11) is -1.81. The number of hydroxylamine groups is 1. The summed E-state index contributed by atoms with van der Waals surface area (Å²) in [5.74, 6) is 0. The second kappa shape index (κ2) is 5.53. The van der Waals surface area contributed by atoms with E-state index in [4.69, 9.17) is 4.43 Å². The van der Waals surface area contributed by atoms with Crippen molar-refractivity contribution in [3.05, 3.63) is 5.21 Å². The number of rotatable bonds is 5. The SMILES string of the molecule is CC(C)[Si](O[C@H]1CC=[N+]([O-])C1)(C(C)C)C(C)C. The third-order valence-corrected chi connectivity index (χ3v) is 10.2. The summed E-state index contributed by atoms with van der Waals surface area (Å²) in [5.41, 5.74) is 1.76. The average molecular weight is 257 g/mol. The molecule has 0 bridgehead atoms. The lowest BCUT2D eigenvalue weighted by Gasteiger charge is -2.43. The zero-order valence-electron chi connectivity index (χ0n) is 12.1. The highest BCUT2D eigenvalue weighted by Gasteiger charge is 2.47. The van der Waals surface area contributed by atoms with Crippen molar-refractivity contribution in [1.29, 1.82) is 0 Å². The fourth-order valence-corrected chi connectivity index (χ4v) is 8.93. The first-order valence-electron chi connectivity index (χ1n) is 6.75. The van der Waals surface area contributed by atoms with Crippen molar-refractivity contribution in [2.75, 3.05) is 6.54 Å². The molecule has 1 atom stereocenters. The van der Waals surface area contributed by atoms with Gasteiger partial charge in [-0.1, -0.05) is 41.5 Å². The van der Waals surface area contributed by atoms with Crippen LogP contribution in [0.1, 0.15) is 48.0 Å². The first kappa shape index (κ1) is 14.7. The van der Waals surface area contributed by atoms with E-state index in [1.54, 1.807) is 6.21 Å². The molecule has 0 spiro atoms. The van der Waals surface area contributed by atoms with Gasteiger partial charge in [0.05, 0.1) is 6.42 Å². The van der Waals surface area contributed by atoms with Crippen molar-refractivity contribution in [1.82, 2.24) is 0 Å². The standard InChI is InChI=1S/C13H27NO2Si/c1-10(2)17(11(3)4,12(5)6)16-13-7-8-14(15)9-13/h8,10-13H,7,9H2,1-6H3/t13-/m0/s1.